The van der Waals surface area contributed by atoms with Crippen molar-refractivity contribution >= 4 is 5.91 Å². The second-order valence-electron chi connectivity index (χ2n) is 5.82. The van der Waals surface area contributed by atoms with Crippen LogP contribution in [-0.4, -0.2) is 37.5 Å². The summed E-state index contributed by atoms with van der Waals surface area (Å²) < 4.78 is 0. The molecule has 1 aliphatic heterocycles. The van der Waals surface area contributed by atoms with Crippen molar-refractivity contribution in [1.29, 1.82) is 0 Å². The van der Waals surface area contributed by atoms with Crippen molar-refractivity contribution in [2.75, 3.05) is 26.7 Å². The lowest BCUT2D eigenvalue weighted by Gasteiger charge is -2.32. The maximum atomic E-state index is 12.4. The number of rotatable bonds is 5. The first-order chi connectivity index (χ1) is 9.70. The van der Waals surface area contributed by atoms with Crippen LogP contribution in [0.2, 0.25) is 0 Å². The zero-order valence-electron chi connectivity index (χ0n) is 12.7. The first-order valence-corrected chi connectivity index (χ1v) is 7.67. The van der Waals surface area contributed by atoms with Gasteiger partial charge in [0.1, 0.15) is 0 Å². The Morgan fingerprint density at radius 2 is 2.00 bits per heavy atom. The predicted molar refractivity (Wildman–Crippen MR) is 82.7 cm³/mol. The van der Waals surface area contributed by atoms with Crippen LogP contribution in [0.15, 0.2) is 24.3 Å². The van der Waals surface area contributed by atoms with Crippen LogP contribution in [0.3, 0.4) is 0 Å². The average Bonchev–Trinajstić information content (AvgIpc) is 2.48. The van der Waals surface area contributed by atoms with Crippen molar-refractivity contribution < 1.29 is 4.79 Å². The summed E-state index contributed by atoms with van der Waals surface area (Å²) in [6.07, 6.45) is 4.09. The molecule has 0 radical (unpaired) electrons. The number of hydrogen-bond acceptors (Lipinski definition) is 2. The molecule has 1 amide bonds. The molecule has 20 heavy (non-hydrogen) atoms. The number of carbonyl (C=O) groups is 1. The zero-order chi connectivity index (χ0) is 14.4. The van der Waals surface area contributed by atoms with Crippen molar-refractivity contribution in [3.8, 4) is 0 Å². The number of benzene rings is 1. The third-order valence-electron chi connectivity index (χ3n) is 4.37. The SMILES string of the molecule is CNCCC1CCN(C(=O)Cc2ccccc2C)CC1. The smallest absolute Gasteiger partial charge is 0.226 e. The molecule has 3 nitrogen and oxygen atoms in total. The highest BCUT2D eigenvalue weighted by molar-refractivity contribution is 5.79. The highest BCUT2D eigenvalue weighted by Gasteiger charge is 2.22. The Morgan fingerprint density at radius 3 is 2.65 bits per heavy atom. The Balaban J connectivity index is 1.82. The number of piperidine rings is 1. The molecule has 1 aromatic carbocycles. The van der Waals surface area contributed by atoms with Gasteiger partial charge in [-0.1, -0.05) is 24.3 Å². The molecule has 2 rings (SSSR count). The number of nitrogens with one attached hydrogen (secondary N) is 1. The van der Waals surface area contributed by atoms with E-state index in [2.05, 4.69) is 24.4 Å². The van der Waals surface area contributed by atoms with E-state index in [4.69, 9.17) is 0 Å². The van der Waals surface area contributed by atoms with Gasteiger partial charge in [-0.15, -0.1) is 0 Å². The van der Waals surface area contributed by atoms with Crippen molar-refractivity contribution in [2.45, 2.75) is 32.6 Å². The van der Waals surface area contributed by atoms with E-state index in [9.17, 15) is 4.79 Å². The van der Waals surface area contributed by atoms with Crippen LogP contribution in [0, 0.1) is 12.8 Å². The summed E-state index contributed by atoms with van der Waals surface area (Å²) in [4.78, 5) is 14.4. The second-order valence-corrected chi connectivity index (χ2v) is 5.82. The third-order valence-corrected chi connectivity index (χ3v) is 4.37. The molecule has 3 heteroatoms. The summed E-state index contributed by atoms with van der Waals surface area (Å²) >= 11 is 0. The van der Waals surface area contributed by atoms with Gasteiger partial charge in [-0.2, -0.15) is 0 Å². The number of nitrogens with zero attached hydrogens (tertiary/aromatic N) is 1. The first kappa shape index (κ1) is 15.0. The maximum Gasteiger partial charge on any atom is 0.226 e. The minimum atomic E-state index is 0.284. The average molecular weight is 274 g/mol. The van der Waals surface area contributed by atoms with Crippen molar-refractivity contribution in [2.24, 2.45) is 5.92 Å². The van der Waals surface area contributed by atoms with E-state index in [0.29, 0.717) is 6.42 Å². The van der Waals surface area contributed by atoms with Crippen LogP contribution in [0.5, 0.6) is 0 Å². The van der Waals surface area contributed by atoms with Crippen LogP contribution >= 0.6 is 0 Å². The van der Waals surface area contributed by atoms with Gasteiger partial charge < -0.3 is 10.2 Å². The summed E-state index contributed by atoms with van der Waals surface area (Å²) in [5.41, 5.74) is 2.37. The molecule has 1 aliphatic rings. The molecule has 0 saturated carbocycles. The fraction of sp³-hybridized carbons (Fsp3) is 0.588. The lowest BCUT2D eigenvalue weighted by atomic mass is 9.93. The molecule has 0 bridgehead atoms. The molecular formula is C17H26N2O. The Labute approximate surface area is 122 Å². The molecule has 1 aromatic rings. The fourth-order valence-corrected chi connectivity index (χ4v) is 2.90. The molecule has 0 aromatic heterocycles. The molecule has 0 spiro atoms. The molecule has 0 aliphatic carbocycles. The zero-order valence-corrected chi connectivity index (χ0v) is 12.7. The number of amides is 1. The van der Waals surface area contributed by atoms with E-state index in [-0.39, 0.29) is 5.91 Å². The van der Waals surface area contributed by atoms with Crippen molar-refractivity contribution in [3.05, 3.63) is 35.4 Å². The van der Waals surface area contributed by atoms with E-state index >= 15 is 0 Å². The minimum absolute atomic E-state index is 0.284. The summed E-state index contributed by atoms with van der Waals surface area (Å²) in [6.45, 7) is 5.02. The highest BCUT2D eigenvalue weighted by Crippen LogP contribution is 2.21. The molecular weight excluding hydrogens is 248 g/mol. The maximum absolute atomic E-state index is 12.4. The Kier molecular flexibility index (Phi) is 5.60. The monoisotopic (exact) mass is 274 g/mol. The molecule has 1 N–H and O–H groups in total. The van der Waals surface area contributed by atoms with Gasteiger partial charge in [0.05, 0.1) is 6.42 Å². The topological polar surface area (TPSA) is 32.3 Å². The standard InChI is InChI=1S/C17H26N2O/c1-14-5-3-4-6-16(14)13-17(20)19-11-8-15(9-12-19)7-10-18-2/h3-6,15,18H,7-13H2,1-2H3. The minimum Gasteiger partial charge on any atom is -0.342 e. The molecule has 110 valence electrons. The number of hydrogen-bond donors (Lipinski definition) is 1. The molecule has 1 saturated heterocycles. The number of carbonyl (C=O) groups excluding carboxylic acids is 1. The van der Waals surface area contributed by atoms with Gasteiger partial charge in [-0.3, -0.25) is 4.79 Å². The van der Waals surface area contributed by atoms with Crippen LogP contribution in [0.4, 0.5) is 0 Å². The summed E-state index contributed by atoms with van der Waals surface area (Å²) in [5, 5.41) is 3.21. The second kappa shape index (κ2) is 7.44. The molecule has 1 heterocycles. The van der Waals surface area contributed by atoms with Crippen LogP contribution < -0.4 is 5.32 Å². The lowest BCUT2D eigenvalue weighted by molar-refractivity contribution is -0.131. The van der Waals surface area contributed by atoms with Crippen LogP contribution in [-0.2, 0) is 11.2 Å². The number of aryl methyl sites for hydroxylation is 1. The van der Waals surface area contributed by atoms with Gasteiger partial charge in [0, 0.05) is 13.1 Å². The lowest BCUT2D eigenvalue weighted by Crippen LogP contribution is -2.39. The Morgan fingerprint density at radius 1 is 1.30 bits per heavy atom. The first-order valence-electron chi connectivity index (χ1n) is 7.67. The van der Waals surface area contributed by atoms with Gasteiger partial charge in [0.15, 0.2) is 0 Å². The largest absolute Gasteiger partial charge is 0.342 e. The molecule has 1 fully saturated rings. The molecule has 0 atom stereocenters. The Bertz CT molecular complexity index is 436. The Hall–Kier alpha value is -1.35. The van der Waals surface area contributed by atoms with Crippen molar-refractivity contribution in [1.82, 2.24) is 10.2 Å². The summed E-state index contributed by atoms with van der Waals surface area (Å²) in [5.74, 6) is 1.07. The summed E-state index contributed by atoms with van der Waals surface area (Å²) in [6, 6.07) is 8.18. The quantitative estimate of drug-likeness (QED) is 0.894. The van der Waals surface area contributed by atoms with E-state index in [0.717, 1.165) is 44.0 Å². The van der Waals surface area contributed by atoms with E-state index in [1.807, 2.05) is 24.1 Å². The number of likely N-dealkylation sites (tertiary alicyclic amines) is 1. The predicted octanol–water partition coefficient (Wildman–Crippen LogP) is 2.39. The normalized spacial score (nSPS) is 16.4. The van der Waals surface area contributed by atoms with Crippen LogP contribution in [0.1, 0.15) is 30.4 Å². The third kappa shape index (κ3) is 4.07. The fourth-order valence-electron chi connectivity index (χ4n) is 2.90. The van der Waals surface area contributed by atoms with E-state index in [1.54, 1.807) is 0 Å². The van der Waals surface area contributed by atoms with E-state index in [1.165, 1.54) is 12.0 Å². The van der Waals surface area contributed by atoms with Gasteiger partial charge in [0.25, 0.3) is 0 Å². The van der Waals surface area contributed by atoms with E-state index < -0.39 is 0 Å². The van der Waals surface area contributed by atoms with Gasteiger partial charge in [0.2, 0.25) is 5.91 Å². The van der Waals surface area contributed by atoms with Gasteiger partial charge in [-0.25, -0.2) is 0 Å². The van der Waals surface area contributed by atoms with Crippen LogP contribution in [0.25, 0.3) is 0 Å². The summed E-state index contributed by atoms with van der Waals surface area (Å²) in [7, 11) is 2.00. The van der Waals surface area contributed by atoms with Gasteiger partial charge >= 0.3 is 0 Å². The highest BCUT2D eigenvalue weighted by atomic mass is 16.2. The van der Waals surface area contributed by atoms with Crippen molar-refractivity contribution in [3.63, 3.8) is 0 Å². The van der Waals surface area contributed by atoms with Gasteiger partial charge in [-0.05, 0) is 56.8 Å². The molecule has 0 unspecified atom stereocenters.